The standard InChI is InChI=1S/C15H22N4O2S/c1-5-7-12(6-2)13-9-19(8-10(3)21-13)15(20)16-14-18-17-11(4)22-14/h5-7,10,13H,8-9H2,1-4H3,(H,16,18,20)/b7-5-,12-6+. The van der Waals surface area contributed by atoms with Gasteiger partial charge in [-0.15, -0.1) is 10.2 Å². The summed E-state index contributed by atoms with van der Waals surface area (Å²) in [5.74, 6) is 0. The van der Waals surface area contributed by atoms with E-state index in [0.29, 0.717) is 18.2 Å². The van der Waals surface area contributed by atoms with Crippen molar-refractivity contribution in [3.05, 3.63) is 28.8 Å². The molecule has 2 heterocycles. The number of carbonyl (C=O) groups excluding carboxylic acids is 1. The van der Waals surface area contributed by atoms with Crippen LogP contribution in [0.1, 0.15) is 25.8 Å². The van der Waals surface area contributed by atoms with Crippen LogP contribution in [0.5, 0.6) is 0 Å². The highest BCUT2D eigenvalue weighted by atomic mass is 32.1. The zero-order chi connectivity index (χ0) is 16.1. The molecule has 1 N–H and O–H groups in total. The maximum Gasteiger partial charge on any atom is 0.323 e. The van der Waals surface area contributed by atoms with Gasteiger partial charge in [0.15, 0.2) is 0 Å². The van der Waals surface area contributed by atoms with Crippen molar-refractivity contribution < 1.29 is 9.53 Å². The first kappa shape index (κ1) is 16.6. The van der Waals surface area contributed by atoms with E-state index in [-0.39, 0.29) is 18.2 Å². The molecule has 2 unspecified atom stereocenters. The molecule has 22 heavy (non-hydrogen) atoms. The molecule has 120 valence electrons. The molecule has 1 saturated heterocycles. The number of amides is 2. The number of hydrogen-bond acceptors (Lipinski definition) is 5. The topological polar surface area (TPSA) is 67.4 Å². The Morgan fingerprint density at radius 1 is 1.41 bits per heavy atom. The van der Waals surface area contributed by atoms with Crippen molar-refractivity contribution in [1.29, 1.82) is 0 Å². The number of rotatable bonds is 3. The summed E-state index contributed by atoms with van der Waals surface area (Å²) >= 11 is 1.37. The van der Waals surface area contributed by atoms with Crippen LogP contribution in [-0.4, -0.2) is 46.4 Å². The van der Waals surface area contributed by atoms with E-state index < -0.39 is 0 Å². The molecule has 6 nitrogen and oxygen atoms in total. The first-order chi connectivity index (χ1) is 10.5. The molecular formula is C15H22N4O2S. The Hall–Kier alpha value is -1.73. The highest BCUT2D eigenvalue weighted by Crippen LogP contribution is 2.20. The summed E-state index contributed by atoms with van der Waals surface area (Å²) in [6, 6.07) is -0.160. The fraction of sp³-hybridized carbons (Fsp3) is 0.533. The molecule has 0 bridgehead atoms. The zero-order valence-electron chi connectivity index (χ0n) is 13.4. The molecule has 1 fully saturated rings. The summed E-state index contributed by atoms with van der Waals surface area (Å²) in [6.07, 6.45) is 5.90. The van der Waals surface area contributed by atoms with Crippen molar-refractivity contribution in [2.45, 2.75) is 39.9 Å². The monoisotopic (exact) mass is 322 g/mol. The van der Waals surface area contributed by atoms with Gasteiger partial charge in [-0.1, -0.05) is 29.6 Å². The predicted octanol–water partition coefficient (Wildman–Crippen LogP) is 2.99. The van der Waals surface area contributed by atoms with E-state index in [1.807, 2.05) is 45.9 Å². The van der Waals surface area contributed by atoms with Gasteiger partial charge in [0.1, 0.15) is 11.1 Å². The first-order valence-electron chi connectivity index (χ1n) is 7.33. The number of ether oxygens (including phenoxy) is 1. The number of allylic oxidation sites excluding steroid dienone is 2. The molecular weight excluding hydrogens is 300 g/mol. The lowest BCUT2D eigenvalue weighted by Crippen LogP contribution is -2.51. The highest BCUT2D eigenvalue weighted by molar-refractivity contribution is 7.15. The zero-order valence-corrected chi connectivity index (χ0v) is 14.2. The number of nitrogens with one attached hydrogen (secondary N) is 1. The minimum atomic E-state index is -0.160. The Labute approximate surface area is 134 Å². The van der Waals surface area contributed by atoms with E-state index in [2.05, 4.69) is 15.5 Å². The van der Waals surface area contributed by atoms with Crippen molar-refractivity contribution in [2.75, 3.05) is 18.4 Å². The van der Waals surface area contributed by atoms with Gasteiger partial charge >= 0.3 is 6.03 Å². The fourth-order valence-corrected chi connectivity index (χ4v) is 2.98. The molecule has 1 aromatic heterocycles. The Balaban J connectivity index is 2.05. The van der Waals surface area contributed by atoms with Gasteiger partial charge in [-0.05, 0) is 33.3 Å². The Bertz CT molecular complexity index is 582. The van der Waals surface area contributed by atoms with Crippen LogP contribution in [0.4, 0.5) is 9.93 Å². The largest absolute Gasteiger partial charge is 0.367 e. The Kier molecular flexibility index (Phi) is 5.68. The first-order valence-corrected chi connectivity index (χ1v) is 8.15. The predicted molar refractivity (Wildman–Crippen MR) is 88.1 cm³/mol. The van der Waals surface area contributed by atoms with Gasteiger partial charge in [-0.3, -0.25) is 5.32 Å². The number of hydrogen-bond donors (Lipinski definition) is 1. The summed E-state index contributed by atoms with van der Waals surface area (Å²) in [6.45, 7) is 8.87. The van der Waals surface area contributed by atoms with Crippen molar-refractivity contribution in [3.63, 3.8) is 0 Å². The van der Waals surface area contributed by atoms with Gasteiger partial charge in [-0.25, -0.2) is 4.79 Å². The van der Waals surface area contributed by atoms with E-state index in [4.69, 9.17) is 4.74 Å². The Morgan fingerprint density at radius 3 is 2.77 bits per heavy atom. The van der Waals surface area contributed by atoms with E-state index in [1.54, 1.807) is 4.90 Å². The molecule has 0 radical (unpaired) electrons. The van der Waals surface area contributed by atoms with E-state index in [0.717, 1.165) is 10.6 Å². The van der Waals surface area contributed by atoms with Crippen molar-refractivity contribution >= 4 is 22.5 Å². The fourth-order valence-electron chi connectivity index (χ4n) is 2.40. The van der Waals surface area contributed by atoms with E-state index >= 15 is 0 Å². The van der Waals surface area contributed by atoms with Gasteiger partial charge in [-0.2, -0.15) is 0 Å². The second-order valence-electron chi connectivity index (χ2n) is 5.19. The average Bonchev–Trinajstić information content (AvgIpc) is 2.89. The third-order valence-electron chi connectivity index (χ3n) is 3.35. The van der Waals surface area contributed by atoms with Crippen molar-refractivity contribution in [2.24, 2.45) is 0 Å². The smallest absolute Gasteiger partial charge is 0.323 e. The van der Waals surface area contributed by atoms with Gasteiger partial charge in [0.2, 0.25) is 5.13 Å². The molecule has 2 amide bonds. The van der Waals surface area contributed by atoms with Crippen molar-refractivity contribution in [3.8, 4) is 0 Å². The molecule has 1 aliphatic heterocycles. The number of aromatic nitrogens is 2. The summed E-state index contributed by atoms with van der Waals surface area (Å²) in [5.41, 5.74) is 1.08. The summed E-state index contributed by atoms with van der Waals surface area (Å²) in [4.78, 5) is 14.2. The van der Waals surface area contributed by atoms with Crippen LogP contribution in [-0.2, 0) is 4.74 Å². The SMILES string of the molecule is C/C=C\C(=C/C)C1CN(C(=O)Nc2nnc(C)s2)CC(C)O1. The average molecular weight is 322 g/mol. The lowest BCUT2D eigenvalue weighted by Gasteiger charge is -2.37. The van der Waals surface area contributed by atoms with Crippen LogP contribution in [0.3, 0.4) is 0 Å². The number of carbonyl (C=O) groups is 1. The second-order valence-corrected chi connectivity index (χ2v) is 6.37. The van der Waals surface area contributed by atoms with Crippen LogP contribution in [0, 0.1) is 6.92 Å². The van der Waals surface area contributed by atoms with Gasteiger partial charge in [0.25, 0.3) is 0 Å². The van der Waals surface area contributed by atoms with Crippen LogP contribution in [0.25, 0.3) is 0 Å². The second kappa shape index (κ2) is 7.51. The van der Waals surface area contributed by atoms with Gasteiger partial charge < -0.3 is 9.64 Å². The molecule has 0 spiro atoms. The molecule has 0 saturated carbocycles. The summed E-state index contributed by atoms with van der Waals surface area (Å²) in [5, 5.41) is 12.0. The van der Waals surface area contributed by atoms with Gasteiger partial charge in [0, 0.05) is 6.54 Å². The normalized spacial score (nSPS) is 23.1. The van der Waals surface area contributed by atoms with Crippen LogP contribution >= 0.6 is 11.3 Å². The summed E-state index contributed by atoms with van der Waals surface area (Å²) in [7, 11) is 0. The van der Waals surface area contributed by atoms with E-state index in [1.165, 1.54) is 11.3 Å². The number of nitrogens with zero attached hydrogens (tertiary/aromatic N) is 3. The molecule has 0 aliphatic carbocycles. The number of morpholine rings is 1. The van der Waals surface area contributed by atoms with Crippen LogP contribution in [0.15, 0.2) is 23.8 Å². The third-order valence-corrected chi connectivity index (χ3v) is 4.11. The molecule has 7 heteroatoms. The Morgan fingerprint density at radius 2 is 2.18 bits per heavy atom. The number of anilines is 1. The lowest BCUT2D eigenvalue weighted by atomic mass is 10.1. The summed E-state index contributed by atoms with van der Waals surface area (Å²) < 4.78 is 5.96. The molecule has 0 aromatic carbocycles. The highest BCUT2D eigenvalue weighted by Gasteiger charge is 2.30. The van der Waals surface area contributed by atoms with Crippen molar-refractivity contribution in [1.82, 2.24) is 15.1 Å². The maximum absolute atomic E-state index is 12.4. The number of urea groups is 1. The molecule has 1 aromatic rings. The third kappa shape index (κ3) is 4.14. The number of aryl methyl sites for hydroxylation is 1. The van der Waals surface area contributed by atoms with Crippen LogP contribution < -0.4 is 5.32 Å². The molecule has 2 rings (SSSR count). The van der Waals surface area contributed by atoms with E-state index in [9.17, 15) is 4.79 Å². The minimum Gasteiger partial charge on any atom is -0.367 e. The minimum absolute atomic E-state index is 0.0131. The lowest BCUT2D eigenvalue weighted by molar-refractivity contribution is -0.0432. The van der Waals surface area contributed by atoms with Crippen LogP contribution in [0.2, 0.25) is 0 Å². The molecule has 1 aliphatic rings. The van der Waals surface area contributed by atoms with Gasteiger partial charge in [0.05, 0.1) is 12.6 Å². The molecule has 2 atom stereocenters. The maximum atomic E-state index is 12.4. The quantitative estimate of drug-likeness (QED) is 0.869.